The molecule has 4 aromatic rings. The lowest BCUT2D eigenvalue weighted by Crippen LogP contribution is -2.22. The molecular weight excluding hydrogens is 436 g/mol. The standard InChI is InChI=1S/C27H20O7/c1-31-21-14-22-24(26-25(21)19(28)13-20(34-26)16-6-4-3-5-7-16)18(12-23(29)33-22)15-8-10-17(11-9-15)27(30)32-2/h3-11,13-14,18H,12H2,1-2H3/t18-/m1/s1. The lowest BCUT2D eigenvalue weighted by Gasteiger charge is -2.26. The van der Waals surface area contributed by atoms with E-state index in [-0.39, 0.29) is 28.7 Å². The van der Waals surface area contributed by atoms with Gasteiger partial charge in [0.05, 0.1) is 26.2 Å². The minimum atomic E-state index is -0.455. The summed E-state index contributed by atoms with van der Waals surface area (Å²) in [6.45, 7) is 0. The quantitative estimate of drug-likeness (QED) is 0.325. The van der Waals surface area contributed by atoms with E-state index >= 15 is 0 Å². The maximum Gasteiger partial charge on any atom is 0.337 e. The molecule has 0 fully saturated rings. The second-order valence-corrected chi connectivity index (χ2v) is 7.88. The molecule has 0 radical (unpaired) electrons. The monoisotopic (exact) mass is 456 g/mol. The normalized spacial score (nSPS) is 14.9. The predicted molar refractivity (Wildman–Crippen MR) is 124 cm³/mol. The molecule has 0 unspecified atom stereocenters. The largest absolute Gasteiger partial charge is 0.496 e. The van der Waals surface area contributed by atoms with E-state index < -0.39 is 17.9 Å². The lowest BCUT2D eigenvalue weighted by atomic mass is 9.84. The topological polar surface area (TPSA) is 92.0 Å². The van der Waals surface area contributed by atoms with Gasteiger partial charge < -0.3 is 18.6 Å². The maximum absolute atomic E-state index is 13.2. The summed E-state index contributed by atoms with van der Waals surface area (Å²) < 4.78 is 22.1. The van der Waals surface area contributed by atoms with Crippen molar-refractivity contribution >= 4 is 22.9 Å². The Bertz CT molecular complexity index is 1470. The van der Waals surface area contributed by atoms with Crippen LogP contribution in [-0.2, 0) is 9.53 Å². The third kappa shape index (κ3) is 3.61. The van der Waals surface area contributed by atoms with Gasteiger partial charge in [-0.25, -0.2) is 4.79 Å². The summed E-state index contributed by atoms with van der Waals surface area (Å²) in [6, 6.07) is 19.0. The van der Waals surface area contributed by atoms with Crippen LogP contribution in [0.5, 0.6) is 11.5 Å². The van der Waals surface area contributed by atoms with Crippen molar-refractivity contribution in [1.29, 1.82) is 0 Å². The predicted octanol–water partition coefficient (Wildman–Crippen LogP) is 4.70. The van der Waals surface area contributed by atoms with Crippen LogP contribution in [0.3, 0.4) is 0 Å². The van der Waals surface area contributed by atoms with Gasteiger partial charge in [0.2, 0.25) is 0 Å². The van der Waals surface area contributed by atoms with Crippen LogP contribution in [0.15, 0.2) is 75.9 Å². The molecule has 1 atom stereocenters. The van der Waals surface area contributed by atoms with E-state index in [2.05, 4.69) is 0 Å². The Labute approximate surface area is 194 Å². The average Bonchev–Trinajstić information content (AvgIpc) is 2.87. The molecule has 1 aliphatic rings. The van der Waals surface area contributed by atoms with Crippen molar-refractivity contribution in [1.82, 2.24) is 0 Å². The van der Waals surface area contributed by atoms with Crippen molar-refractivity contribution in [3.8, 4) is 22.8 Å². The highest BCUT2D eigenvalue weighted by atomic mass is 16.5. The Hall–Kier alpha value is -4.39. The first-order valence-corrected chi connectivity index (χ1v) is 10.6. The number of hydrogen-bond donors (Lipinski definition) is 0. The minimum absolute atomic E-state index is 0.0469. The third-order valence-electron chi connectivity index (χ3n) is 5.92. The summed E-state index contributed by atoms with van der Waals surface area (Å²) in [6.07, 6.45) is 0.0469. The molecular formula is C27H20O7. The van der Waals surface area contributed by atoms with Crippen LogP contribution >= 0.6 is 0 Å². The third-order valence-corrected chi connectivity index (χ3v) is 5.92. The Balaban J connectivity index is 1.77. The second kappa shape index (κ2) is 8.51. The maximum atomic E-state index is 13.2. The molecule has 170 valence electrons. The smallest absolute Gasteiger partial charge is 0.337 e. The highest BCUT2D eigenvalue weighted by molar-refractivity contribution is 5.93. The fourth-order valence-electron chi connectivity index (χ4n) is 4.30. The molecule has 34 heavy (non-hydrogen) atoms. The van der Waals surface area contributed by atoms with E-state index in [0.717, 1.165) is 11.1 Å². The fraction of sp³-hybridized carbons (Fsp3) is 0.148. The van der Waals surface area contributed by atoms with Gasteiger partial charge in [-0.15, -0.1) is 0 Å². The zero-order valence-electron chi connectivity index (χ0n) is 18.5. The zero-order valence-corrected chi connectivity index (χ0v) is 18.5. The first-order chi connectivity index (χ1) is 16.5. The van der Waals surface area contributed by atoms with Gasteiger partial charge in [0.25, 0.3) is 0 Å². The molecule has 1 aliphatic heterocycles. The van der Waals surface area contributed by atoms with Crippen LogP contribution < -0.4 is 14.9 Å². The molecule has 7 heteroatoms. The molecule has 1 aromatic heterocycles. The summed E-state index contributed by atoms with van der Waals surface area (Å²) in [4.78, 5) is 37.5. The van der Waals surface area contributed by atoms with Crippen LogP contribution in [0.1, 0.15) is 33.8 Å². The zero-order chi connectivity index (χ0) is 23.8. The molecule has 0 saturated heterocycles. The Morgan fingerprint density at radius 3 is 2.38 bits per heavy atom. The molecule has 0 aliphatic carbocycles. The molecule has 7 nitrogen and oxygen atoms in total. The number of esters is 2. The highest BCUT2D eigenvalue weighted by Gasteiger charge is 2.34. The molecule has 0 saturated carbocycles. The number of fused-ring (bicyclic) bond motifs is 3. The van der Waals surface area contributed by atoms with Gasteiger partial charge in [0, 0.05) is 29.2 Å². The van der Waals surface area contributed by atoms with Crippen molar-refractivity contribution in [3.05, 3.63) is 93.6 Å². The number of benzene rings is 3. The van der Waals surface area contributed by atoms with E-state index in [1.165, 1.54) is 20.3 Å². The summed E-state index contributed by atoms with van der Waals surface area (Å²) in [5.41, 5.74) is 2.51. The van der Waals surface area contributed by atoms with Crippen LogP contribution in [0.2, 0.25) is 0 Å². The number of rotatable bonds is 4. The van der Waals surface area contributed by atoms with Crippen LogP contribution in [0.25, 0.3) is 22.3 Å². The summed E-state index contributed by atoms with van der Waals surface area (Å²) in [7, 11) is 2.76. The average molecular weight is 456 g/mol. The van der Waals surface area contributed by atoms with E-state index in [1.807, 2.05) is 30.3 Å². The van der Waals surface area contributed by atoms with Crippen molar-refractivity contribution in [3.63, 3.8) is 0 Å². The molecule has 5 rings (SSSR count). The number of ether oxygens (including phenoxy) is 3. The van der Waals surface area contributed by atoms with Crippen molar-refractivity contribution in [2.24, 2.45) is 0 Å². The Morgan fingerprint density at radius 2 is 1.71 bits per heavy atom. The van der Waals surface area contributed by atoms with Gasteiger partial charge in [0.1, 0.15) is 28.2 Å². The van der Waals surface area contributed by atoms with Crippen molar-refractivity contribution in [2.75, 3.05) is 14.2 Å². The van der Waals surface area contributed by atoms with Gasteiger partial charge in [-0.1, -0.05) is 42.5 Å². The number of methoxy groups -OCH3 is 2. The lowest BCUT2D eigenvalue weighted by molar-refractivity contribution is -0.135. The summed E-state index contributed by atoms with van der Waals surface area (Å²) in [5, 5.41) is 0.273. The molecule has 0 amide bonds. The van der Waals surface area contributed by atoms with Gasteiger partial charge in [0.15, 0.2) is 5.43 Å². The van der Waals surface area contributed by atoms with E-state index in [9.17, 15) is 14.4 Å². The molecule has 0 bridgehead atoms. The highest BCUT2D eigenvalue weighted by Crippen LogP contribution is 2.46. The number of carbonyl (C=O) groups excluding carboxylic acids is 2. The summed E-state index contributed by atoms with van der Waals surface area (Å²) in [5.74, 6) is -0.399. The second-order valence-electron chi connectivity index (χ2n) is 7.88. The van der Waals surface area contributed by atoms with Crippen LogP contribution in [-0.4, -0.2) is 26.2 Å². The fourth-order valence-corrected chi connectivity index (χ4v) is 4.30. The Morgan fingerprint density at radius 1 is 0.971 bits per heavy atom. The number of carbonyl (C=O) groups is 2. The van der Waals surface area contributed by atoms with Crippen LogP contribution in [0, 0.1) is 0 Å². The van der Waals surface area contributed by atoms with Gasteiger partial charge in [-0.3, -0.25) is 9.59 Å². The van der Waals surface area contributed by atoms with Gasteiger partial charge >= 0.3 is 11.9 Å². The molecule has 2 heterocycles. The van der Waals surface area contributed by atoms with E-state index in [0.29, 0.717) is 22.5 Å². The minimum Gasteiger partial charge on any atom is -0.496 e. The van der Waals surface area contributed by atoms with E-state index in [4.69, 9.17) is 18.6 Å². The summed E-state index contributed by atoms with van der Waals surface area (Å²) >= 11 is 0. The van der Waals surface area contributed by atoms with Crippen LogP contribution in [0.4, 0.5) is 0 Å². The Kier molecular flexibility index (Phi) is 5.37. The molecule has 3 aromatic carbocycles. The number of hydrogen-bond acceptors (Lipinski definition) is 7. The molecule has 0 N–H and O–H groups in total. The first kappa shape index (κ1) is 21.5. The van der Waals surface area contributed by atoms with E-state index in [1.54, 1.807) is 30.3 Å². The van der Waals surface area contributed by atoms with Crippen molar-refractivity contribution in [2.45, 2.75) is 12.3 Å². The van der Waals surface area contributed by atoms with Gasteiger partial charge in [-0.05, 0) is 17.7 Å². The SMILES string of the molecule is COC(=O)c1ccc([C@H]2CC(=O)Oc3cc(OC)c4c(=O)cc(-c5ccccc5)oc4c32)cc1. The van der Waals surface area contributed by atoms with Crippen molar-refractivity contribution < 1.29 is 28.2 Å². The molecule has 0 spiro atoms. The van der Waals surface area contributed by atoms with Gasteiger partial charge in [-0.2, -0.15) is 0 Å². The first-order valence-electron chi connectivity index (χ1n) is 10.6.